The highest BCUT2D eigenvalue weighted by Crippen LogP contribution is 2.74. The van der Waals surface area contributed by atoms with Gasteiger partial charge in [0.25, 0.3) is 0 Å². The molecule has 5 rings (SSSR count). The van der Waals surface area contributed by atoms with E-state index in [1.807, 2.05) is 31.2 Å². The highest BCUT2D eigenvalue weighted by molar-refractivity contribution is 5.89. The van der Waals surface area contributed by atoms with Gasteiger partial charge in [-0.3, -0.25) is 0 Å². The standard InChI is InChI=1S/C20H24O2/c1-13-2-5-15(6-3-13)18(21)22-19-9-14-4-7-16-8-17(11-19)20(16,10-14)12-19/h2-3,5-6,14,16-17H,4,7-12H2,1H3. The fourth-order valence-electron chi connectivity index (χ4n) is 6.49. The molecule has 4 saturated carbocycles. The first kappa shape index (κ1) is 13.2. The molecule has 116 valence electrons. The van der Waals surface area contributed by atoms with Crippen molar-refractivity contribution in [2.24, 2.45) is 23.2 Å². The minimum absolute atomic E-state index is 0.103. The van der Waals surface area contributed by atoms with E-state index in [4.69, 9.17) is 4.74 Å². The molecule has 0 amide bonds. The summed E-state index contributed by atoms with van der Waals surface area (Å²) in [4.78, 5) is 12.6. The van der Waals surface area contributed by atoms with Gasteiger partial charge in [-0.15, -0.1) is 0 Å². The lowest BCUT2D eigenvalue weighted by Gasteiger charge is -2.59. The lowest BCUT2D eigenvalue weighted by atomic mass is 9.46. The van der Waals surface area contributed by atoms with Crippen LogP contribution in [0.4, 0.5) is 0 Å². The number of carbonyl (C=O) groups is 1. The third kappa shape index (κ3) is 1.64. The Bertz CT molecular complexity index is 630. The molecule has 22 heavy (non-hydrogen) atoms. The summed E-state index contributed by atoms with van der Waals surface area (Å²) in [5.74, 6) is 2.48. The van der Waals surface area contributed by atoms with Gasteiger partial charge in [-0.05, 0) is 87.2 Å². The number of ether oxygens (including phenoxy) is 1. The first-order chi connectivity index (χ1) is 10.6. The second-order valence-electron chi connectivity index (χ2n) is 8.53. The van der Waals surface area contributed by atoms with E-state index in [1.54, 1.807) is 0 Å². The molecule has 0 radical (unpaired) electrons. The number of carbonyl (C=O) groups excluding carboxylic acids is 1. The van der Waals surface area contributed by atoms with Gasteiger partial charge in [0, 0.05) is 0 Å². The topological polar surface area (TPSA) is 26.3 Å². The minimum Gasteiger partial charge on any atom is -0.455 e. The molecule has 3 bridgehead atoms. The Labute approximate surface area is 132 Å². The average molecular weight is 296 g/mol. The molecule has 0 aliphatic heterocycles. The Morgan fingerprint density at radius 2 is 1.91 bits per heavy atom. The molecule has 0 heterocycles. The van der Waals surface area contributed by atoms with Gasteiger partial charge in [0.15, 0.2) is 0 Å². The third-order valence-electron chi connectivity index (χ3n) is 7.31. The first-order valence-electron chi connectivity index (χ1n) is 8.89. The number of hydrogen-bond acceptors (Lipinski definition) is 2. The Balaban J connectivity index is 1.41. The second-order valence-corrected chi connectivity index (χ2v) is 8.53. The minimum atomic E-state index is -0.134. The second kappa shape index (κ2) is 4.15. The van der Waals surface area contributed by atoms with E-state index in [-0.39, 0.29) is 11.6 Å². The monoisotopic (exact) mass is 296 g/mol. The maximum absolute atomic E-state index is 12.6. The SMILES string of the molecule is Cc1ccc(C(=O)OC23CC4CCC5CC(C2)C5(C4)C3)cc1. The molecular formula is C20H24O2. The number of fused-ring (bicyclic) bond motifs is 2. The van der Waals surface area contributed by atoms with Crippen LogP contribution in [-0.2, 0) is 4.74 Å². The van der Waals surface area contributed by atoms with Crippen molar-refractivity contribution in [2.75, 3.05) is 0 Å². The molecule has 5 unspecified atom stereocenters. The summed E-state index contributed by atoms with van der Waals surface area (Å²) in [6.45, 7) is 2.05. The van der Waals surface area contributed by atoms with Crippen molar-refractivity contribution >= 4 is 5.97 Å². The molecule has 0 N–H and O–H groups in total. The van der Waals surface area contributed by atoms with Crippen LogP contribution in [0.2, 0.25) is 0 Å². The molecule has 1 aromatic rings. The van der Waals surface area contributed by atoms with Gasteiger partial charge >= 0.3 is 5.97 Å². The summed E-state index contributed by atoms with van der Waals surface area (Å²) < 4.78 is 6.19. The zero-order chi connectivity index (χ0) is 14.9. The zero-order valence-corrected chi connectivity index (χ0v) is 13.3. The molecule has 0 saturated heterocycles. The molecule has 0 aromatic heterocycles. The fraction of sp³-hybridized carbons (Fsp3) is 0.650. The van der Waals surface area contributed by atoms with Gasteiger partial charge in [-0.2, -0.15) is 0 Å². The number of aryl methyl sites for hydroxylation is 1. The maximum atomic E-state index is 12.6. The summed E-state index contributed by atoms with van der Waals surface area (Å²) in [6, 6.07) is 7.80. The number of rotatable bonds is 2. The molecule has 1 spiro atoms. The van der Waals surface area contributed by atoms with Gasteiger partial charge in [0.05, 0.1) is 5.56 Å². The van der Waals surface area contributed by atoms with Crippen LogP contribution in [0.15, 0.2) is 24.3 Å². The highest BCUT2D eigenvalue weighted by Gasteiger charge is 2.69. The Kier molecular flexibility index (Phi) is 2.48. The fourth-order valence-corrected chi connectivity index (χ4v) is 6.49. The largest absolute Gasteiger partial charge is 0.455 e. The summed E-state index contributed by atoms with van der Waals surface area (Å²) in [5, 5.41) is 0. The van der Waals surface area contributed by atoms with Crippen LogP contribution in [0.3, 0.4) is 0 Å². The maximum Gasteiger partial charge on any atom is 0.338 e. The summed E-state index contributed by atoms with van der Waals surface area (Å²) >= 11 is 0. The molecule has 4 aliphatic carbocycles. The van der Waals surface area contributed by atoms with E-state index < -0.39 is 0 Å². The Morgan fingerprint density at radius 1 is 1.09 bits per heavy atom. The van der Waals surface area contributed by atoms with Crippen molar-refractivity contribution in [2.45, 2.75) is 57.5 Å². The molecule has 1 aromatic carbocycles. The molecule has 2 heteroatoms. The third-order valence-corrected chi connectivity index (χ3v) is 7.31. The van der Waals surface area contributed by atoms with Gasteiger partial charge in [0.2, 0.25) is 0 Å². The van der Waals surface area contributed by atoms with E-state index >= 15 is 0 Å². The van der Waals surface area contributed by atoms with Gasteiger partial charge < -0.3 is 4.74 Å². The number of esters is 1. The van der Waals surface area contributed by atoms with E-state index in [9.17, 15) is 4.79 Å². The predicted molar refractivity (Wildman–Crippen MR) is 84.5 cm³/mol. The van der Waals surface area contributed by atoms with E-state index in [0.29, 0.717) is 11.0 Å². The summed E-state index contributed by atoms with van der Waals surface area (Å²) in [5.41, 5.74) is 2.32. The average Bonchev–Trinajstić information content (AvgIpc) is 2.70. The van der Waals surface area contributed by atoms with Gasteiger partial charge in [-0.25, -0.2) is 4.79 Å². The highest BCUT2D eigenvalue weighted by atomic mass is 16.6. The van der Waals surface area contributed by atoms with Crippen molar-refractivity contribution in [1.82, 2.24) is 0 Å². The molecule has 5 atom stereocenters. The Morgan fingerprint density at radius 3 is 2.73 bits per heavy atom. The zero-order valence-electron chi connectivity index (χ0n) is 13.3. The van der Waals surface area contributed by atoms with Gasteiger partial charge in [0.1, 0.15) is 5.60 Å². The summed E-state index contributed by atoms with van der Waals surface area (Å²) in [7, 11) is 0. The molecule has 4 aliphatic rings. The predicted octanol–water partition coefficient (Wildman–Crippen LogP) is 4.51. The molecule has 2 nitrogen and oxygen atoms in total. The van der Waals surface area contributed by atoms with Crippen LogP contribution in [0.25, 0.3) is 0 Å². The number of hydrogen-bond donors (Lipinski definition) is 0. The lowest BCUT2D eigenvalue weighted by Crippen LogP contribution is -2.52. The van der Waals surface area contributed by atoms with Gasteiger partial charge in [-0.1, -0.05) is 17.7 Å². The summed E-state index contributed by atoms with van der Waals surface area (Å²) in [6.07, 6.45) is 9.03. The van der Waals surface area contributed by atoms with Crippen LogP contribution in [0, 0.1) is 30.1 Å². The van der Waals surface area contributed by atoms with Crippen LogP contribution in [0.1, 0.15) is 60.9 Å². The van der Waals surface area contributed by atoms with Crippen LogP contribution in [-0.4, -0.2) is 11.6 Å². The first-order valence-corrected chi connectivity index (χ1v) is 8.89. The van der Waals surface area contributed by atoms with E-state index in [2.05, 4.69) is 0 Å². The van der Waals surface area contributed by atoms with Crippen LogP contribution < -0.4 is 0 Å². The molecule has 4 fully saturated rings. The van der Waals surface area contributed by atoms with Crippen molar-refractivity contribution in [1.29, 1.82) is 0 Å². The quantitative estimate of drug-likeness (QED) is 0.751. The van der Waals surface area contributed by atoms with Crippen molar-refractivity contribution in [3.05, 3.63) is 35.4 Å². The van der Waals surface area contributed by atoms with Crippen LogP contribution >= 0.6 is 0 Å². The molecular weight excluding hydrogens is 272 g/mol. The van der Waals surface area contributed by atoms with Crippen molar-refractivity contribution in [3.8, 4) is 0 Å². The van der Waals surface area contributed by atoms with E-state index in [0.717, 1.165) is 37.0 Å². The van der Waals surface area contributed by atoms with E-state index in [1.165, 1.54) is 31.2 Å². The van der Waals surface area contributed by atoms with Crippen LogP contribution in [0.5, 0.6) is 0 Å². The van der Waals surface area contributed by atoms with Crippen molar-refractivity contribution in [3.63, 3.8) is 0 Å². The van der Waals surface area contributed by atoms with Crippen molar-refractivity contribution < 1.29 is 9.53 Å². The lowest BCUT2D eigenvalue weighted by molar-refractivity contribution is -0.120. The Hall–Kier alpha value is -1.31. The smallest absolute Gasteiger partial charge is 0.338 e. The number of benzene rings is 1. The normalized spacial score (nSPS) is 44.3.